The van der Waals surface area contributed by atoms with E-state index in [2.05, 4.69) is 11.9 Å². The molecule has 2 atom stereocenters. The van der Waals surface area contributed by atoms with Crippen LogP contribution in [0.25, 0.3) is 0 Å². The Kier molecular flexibility index (Phi) is 4.31. The van der Waals surface area contributed by atoms with Gasteiger partial charge in [-0.15, -0.1) is 0 Å². The molecule has 4 nitrogen and oxygen atoms in total. The summed E-state index contributed by atoms with van der Waals surface area (Å²) in [4.78, 5) is 18.7. The maximum Gasteiger partial charge on any atom is 0.410 e. The van der Waals surface area contributed by atoms with Crippen LogP contribution in [0.4, 0.5) is 4.79 Å². The van der Waals surface area contributed by atoms with Crippen molar-refractivity contribution in [3.05, 3.63) is 30.1 Å². The molecule has 110 valence electrons. The van der Waals surface area contributed by atoms with Crippen molar-refractivity contribution in [1.29, 1.82) is 0 Å². The Morgan fingerprint density at radius 3 is 2.70 bits per heavy atom. The van der Waals surface area contributed by atoms with Gasteiger partial charge >= 0.3 is 6.09 Å². The lowest BCUT2D eigenvalue weighted by molar-refractivity contribution is 0.00306. The van der Waals surface area contributed by atoms with Crippen molar-refractivity contribution in [3.63, 3.8) is 0 Å². The molecule has 1 aliphatic heterocycles. The fourth-order valence-corrected chi connectivity index (χ4v) is 2.56. The van der Waals surface area contributed by atoms with Crippen LogP contribution in [-0.2, 0) is 4.74 Å². The van der Waals surface area contributed by atoms with Gasteiger partial charge in [0.05, 0.1) is 11.7 Å². The SMILES string of the molecule is CC1CCC(c2ccccn2)N(C(=O)OC(C)(C)C)C1. The third kappa shape index (κ3) is 3.71. The van der Waals surface area contributed by atoms with Crippen LogP contribution < -0.4 is 0 Å². The fourth-order valence-electron chi connectivity index (χ4n) is 2.56. The van der Waals surface area contributed by atoms with Crippen LogP contribution in [0, 0.1) is 5.92 Å². The number of hydrogen-bond acceptors (Lipinski definition) is 3. The molecule has 0 bridgehead atoms. The Morgan fingerprint density at radius 2 is 2.10 bits per heavy atom. The van der Waals surface area contributed by atoms with Gasteiger partial charge in [0.2, 0.25) is 0 Å². The zero-order valence-electron chi connectivity index (χ0n) is 12.8. The van der Waals surface area contributed by atoms with Crippen LogP contribution in [0.2, 0.25) is 0 Å². The minimum Gasteiger partial charge on any atom is -0.444 e. The predicted molar refractivity (Wildman–Crippen MR) is 78.3 cm³/mol. The average molecular weight is 276 g/mol. The van der Waals surface area contributed by atoms with Crippen molar-refractivity contribution in [2.45, 2.75) is 52.2 Å². The second-order valence-electron chi connectivity index (χ2n) is 6.59. The second kappa shape index (κ2) is 5.81. The molecule has 2 unspecified atom stereocenters. The Hall–Kier alpha value is -1.58. The number of ether oxygens (including phenoxy) is 1. The number of carbonyl (C=O) groups is 1. The highest BCUT2D eigenvalue weighted by Crippen LogP contribution is 2.33. The summed E-state index contributed by atoms with van der Waals surface area (Å²) in [5, 5.41) is 0. The zero-order valence-corrected chi connectivity index (χ0v) is 12.8. The Balaban J connectivity index is 2.19. The van der Waals surface area contributed by atoms with Gasteiger partial charge in [0.15, 0.2) is 0 Å². The van der Waals surface area contributed by atoms with E-state index < -0.39 is 5.60 Å². The van der Waals surface area contributed by atoms with Crippen molar-refractivity contribution in [2.75, 3.05) is 6.54 Å². The molecular weight excluding hydrogens is 252 g/mol. The number of amides is 1. The van der Waals surface area contributed by atoms with Crippen molar-refractivity contribution in [3.8, 4) is 0 Å². The van der Waals surface area contributed by atoms with Crippen molar-refractivity contribution in [1.82, 2.24) is 9.88 Å². The summed E-state index contributed by atoms with van der Waals surface area (Å²) in [6, 6.07) is 5.88. The van der Waals surface area contributed by atoms with E-state index in [1.165, 1.54) is 0 Å². The average Bonchev–Trinajstić information content (AvgIpc) is 2.37. The molecule has 1 aromatic rings. The van der Waals surface area contributed by atoms with Crippen molar-refractivity contribution < 1.29 is 9.53 Å². The summed E-state index contributed by atoms with van der Waals surface area (Å²) >= 11 is 0. The predicted octanol–water partition coefficient (Wildman–Crippen LogP) is 3.79. The van der Waals surface area contributed by atoms with Gasteiger partial charge in [-0.1, -0.05) is 13.0 Å². The zero-order chi connectivity index (χ0) is 14.8. The molecule has 0 aliphatic carbocycles. The van der Waals surface area contributed by atoms with E-state index in [0.717, 1.165) is 25.1 Å². The van der Waals surface area contributed by atoms with E-state index in [-0.39, 0.29) is 12.1 Å². The number of nitrogens with zero attached hydrogens (tertiary/aromatic N) is 2. The van der Waals surface area contributed by atoms with E-state index in [1.807, 2.05) is 43.9 Å². The number of piperidine rings is 1. The summed E-state index contributed by atoms with van der Waals surface area (Å²) in [7, 11) is 0. The smallest absolute Gasteiger partial charge is 0.410 e. The van der Waals surface area contributed by atoms with Gasteiger partial charge < -0.3 is 4.74 Å². The summed E-state index contributed by atoms with van der Waals surface area (Å²) < 4.78 is 5.54. The van der Waals surface area contributed by atoms with Gasteiger partial charge in [-0.25, -0.2) is 4.79 Å². The molecule has 20 heavy (non-hydrogen) atoms. The number of rotatable bonds is 1. The van der Waals surface area contributed by atoms with Crippen molar-refractivity contribution >= 4 is 6.09 Å². The molecule has 1 aromatic heterocycles. The van der Waals surface area contributed by atoms with Crippen LogP contribution in [0.5, 0.6) is 0 Å². The minimum absolute atomic E-state index is 0.0299. The molecule has 2 rings (SSSR count). The van der Waals surface area contributed by atoms with E-state index in [4.69, 9.17) is 4.74 Å². The standard InChI is InChI=1S/C16H24N2O2/c1-12-8-9-14(13-7-5-6-10-17-13)18(11-12)15(19)20-16(2,3)4/h5-7,10,12,14H,8-9,11H2,1-4H3. The van der Waals surface area contributed by atoms with Gasteiger partial charge in [-0.2, -0.15) is 0 Å². The van der Waals surface area contributed by atoms with Crippen LogP contribution in [0.1, 0.15) is 52.3 Å². The van der Waals surface area contributed by atoms with E-state index >= 15 is 0 Å². The Morgan fingerprint density at radius 1 is 1.35 bits per heavy atom. The van der Waals surface area contributed by atoms with E-state index in [9.17, 15) is 4.79 Å². The summed E-state index contributed by atoms with van der Waals surface area (Å²) in [5.74, 6) is 0.502. The van der Waals surface area contributed by atoms with Gasteiger partial charge in [0.25, 0.3) is 0 Å². The maximum atomic E-state index is 12.4. The molecular formula is C16H24N2O2. The first-order chi connectivity index (χ1) is 9.37. The van der Waals surface area contributed by atoms with Crippen LogP contribution >= 0.6 is 0 Å². The molecule has 1 fully saturated rings. The molecule has 1 amide bonds. The highest BCUT2D eigenvalue weighted by molar-refractivity contribution is 5.69. The molecule has 1 aliphatic rings. The summed E-state index contributed by atoms with van der Waals surface area (Å²) in [5.41, 5.74) is 0.483. The lowest BCUT2D eigenvalue weighted by atomic mass is 9.92. The fraction of sp³-hybridized carbons (Fsp3) is 0.625. The summed E-state index contributed by atoms with van der Waals surface area (Å²) in [6.07, 6.45) is 3.60. The molecule has 0 spiro atoms. The molecule has 2 heterocycles. The first-order valence-electron chi connectivity index (χ1n) is 7.27. The van der Waals surface area contributed by atoms with Crippen LogP contribution in [0.15, 0.2) is 24.4 Å². The van der Waals surface area contributed by atoms with Crippen LogP contribution in [0.3, 0.4) is 0 Å². The number of carbonyl (C=O) groups excluding carboxylic acids is 1. The lowest BCUT2D eigenvalue weighted by Crippen LogP contribution is -2.44. The van der Waals surface area contributed by atoms with Gasteiger partial charge in [-0.05, 0) is 51.7 Å². The minimum atomic E-state index is -0.466. The van der Waals surface area contributed by atoms with E-state index in [0.29, 0.717) is 5.92 Å². The largest absolute Gasteiger partial charge is 0.444 e. The maximum absolute atomic E-state index is 12.4. The summed E-state index contributed by atoms with van der Waals surface area (Å²) in [6.45, 7) is 8.60. The lowest BCUT2D eigenvalue weighted by Gasteiger charge is -2.39. The first kappa shape index (κ1) is 14.8. The topological polar surface area (TPSA) is 42.4 Å². The quantitative estimate of drug-likeness (QED) is 0.783. The molecule has 0 saturated carbocycles. The Bertz CT molecular complexity index is 453. The van der Waals surface area contributed by atoms with Gasteiger partial charge in [0, 0.05) is 12.7 Å². The highest BCUT2D eigenvalue weighted by atomic mass is 16.6. The monoisotopic (exact) mass is 276 g/mol. The van der Waals surface area contributed by atoms with Crippen molar-refractivity contribution in [2.24, 2.45) is 5.92 Å². The Labute approximate surface area is 121 Å². The van der Waals surface area contributed by atoms with Crippen LogP contribution in [-0.4, -0.2) is 28.1 Å². The molecule has 0 radical (unpaired) electrons. The van der Waals surface area contributed by atoms with Gasteiger partial charge in [-0.3, -0.25) is 9.88 Å². The molecule has 0 aromatic carbocycles. The third-order valence-electron chi connectivity index (χ3n) is 3.47. The molecule has 0 N–H and O–H groups in total. The highest BCUT2D eigenvalue weighted by Gasteiger charge is 2.34. The second-order valence-corrected chi connectivity index (χ2v) is 6.59. The van der Waals surface area contributed by atoms with E-state index in [1.54, 1.807) is 6.20 Å². The molecule has 1 saturated heterocycles. The van der Waals surface area contributed by atoms with Gasteiger partial charge in [0.1, 0.15) is 5.60 Å². The number of likely N-dealkylation sites (tertiary alicyclic amines) is 1. The normalized spacial score (nSPS) is 23.5. The number of pyridine rings is 1. The number of hydrogen-bond donors (Lipinski definition) is 0. The first-order valence-corrected chi connectivity index (χ1v) is 7.27. The molecule has 4 heteroatoms. The number of aromatic nitrogens is 1. The third-order valence-corrected chi connectivity index (χ3v) is 3.47.